The van der Waals surface area contributed by atoms with Crippen molar-refractivity contribution in [3.8, 4) is 0 Å². The van der Waals surface area contributed by atoms with Crippen molar-refractivity contribution in [2.75, 3.05) is 0 Å². The summed E-state index contributed by atoms with van der Waals surface area (Å²) in [5.41, 5.74) is 5.49. The molecular weight excluding hydrogens is 659 g/mol. The predicted molar refractivity (Wildman–Crippen MR) is 196 cm³/mol. The van der Waals surface area contributed by atoms with Crippen LogP contribution >= 0.6 is 23.2 Å². The van der Waals surface area contributed by atoms with Crippen LogP contribution in [0.25, 0.3) is 21.8 Å². The molecule has 0 saturated heterocycles. The molecule has 0 aliphatic carbocycles. The lowest BCUT2D eigenvalue weighted by Crippen LogP contribution is -2.19. The van der Waals surface area contributed by atoms with Crippen LogP contribution in [0.1, 0.15) is 84.9 Å². The zero-order valence-electron chi connectivity index (χ0n) is 27.1. The minimum Gasteiger partial charge on any atom is -0.392 e. The number of carbonyl (C=O) groups excluding carboxylic acids is 1. The first-order valence-corrected chi connectivity index (χ1v) is 16.1. The quantitative estimate of drug-likeness (QED) is 0.136. The Bertz CT molecular complexity index is 2110. The second-order valence-corrected chi connectivity index (χ2v) is 13.6. The molecule has 0 amide bonds. The second-order valence-electron chi connectivity index (χ2n) is 12.7. The fraction of sp³-hybridized carbons (Fsp3) is 0.256. The Labute approximate surface area is 296 Å². The van der Waals surface area contributed by atoms with Crippen molar-refractivity contribution in [3.63, 3.8) is 0 Å². The maximum atomic E-state index is 11.2. The Morgan fingerprint density at radius 1 is 0.653 bits per heavy atom. The van der Waals surface area contributed by atoms with Gasteiger partial charge in [0.05, 0.1) is 39.1 Å². The number of fused-ring (bicyclic) bond motifs is 2. The van der Waals surface area contributed by atoms with Crippen molar-refractivity contribution in [2.24, 2.45) is 0 Å². The van der Waals surface area contributed by atoms with E-state index in [0.29, 0.717) is 39.8 Å². The molecule has 0 spiro atoms. The van der Waals surface area contributed by atoms with E-state index in [9.17, 15) is 20.1 Å². The van der Waals surface area contributed by atoms with Crippen LogP contribution in [-0.2, 0) is 30.7 Å². The molecule has 4 heterocycles. The summed E-state index contributed by atoms with van der Waals surface area (Å²) in [4.78, 5) is 28.8. The first kappa shape index (κ1) is 37.5. The summed E-state index contributed by atoms with van der Waals surface area (Å²) in [5, 5.41) is 32.9. The summed E-state index contributed by atoms with van der Waals surface area (Å²) in [7, 11) is 0. The van der Waals surface area contributed by atoms with E-state index >= 15 is 0 Å². The van der Waals surface area contributed by atoms with Crippen LogP contribution < -0.4 is 0 Å². The number of rotatable bonds is 8. The maximum absolute atomic E-state index is 11.2. The molecule has 0 radical (unpaired) electrons. The van der Waals surface area contributed by atoms with E-state index in [0.717, 1.165) is 56.2 Å². The Kier molecular flexibility index (Phi) is 11.9. The Morgan fingerprint density at radius 2 is 1.12 bits per heavy atom. The van der Waals surface area contributed by atoms with Crippen LogP contribution in [-0.4, -0.2) is 41.5 Å². The van der Waals surface area contributed by atoms with E-state index < -0.39 is 11.2 Å². The lowest BCUT2D eigenvalue weighted by atomic mass is 10.00. The number of halogens is 2. The molecule has 3 N–H and O–H groups in total. The molecule has 6 rings (SSSR count). The number of benzene rings is 2. The van der Waals surface area contributed by atoms with Crippen LogP contribution in [0.3, 0.4) is 0 Å². The van der Waals surface area contributed by atoms with Crippen LogP contribution in [0, 0.1) is 0 Å². The van der Waals surface area contributed by atoms with Crippen molar-refractivity contribution >= 4 is 51.3 Å². The molecule has 0 bridgehead atoms. The molecule has 49 heavy (non-hydrogen) atoms. The van der Waals surface area contributed by atoms with E-state index in [1.165, 1.54) is 0 Å². The Morgan fingerprint density at radius 3 is 1.57 bits per heavy atom. The molecule has 0 aliphatic rings. The standard InChI is InChI=1S/C19H19ClN2O2.C19H17ClN2O2.CH4/c2*1-19(2,24)18-8-13(11-23)7-16(22-18)6-12-3-4-17-14(5-12)9-15(20)10-21-17;/h3-5,7-10,23-24H,6,11H2,1-2H3;3-5,7-11,24H,6H2,1-2H3;1H4. The highest BCUT2D eigenvalue weighted by Crippen LogP contribution is 2.25. The molecule has 2 aromatic carbocycles. The summed E-state index contributed by atoms with van der Waals surface area (Å²) < 4.78 is 0. The lowest BCUT2D eigenvalue weighted by Gasteiger charge is -2.18. The Balaban J connectivity index is 0.000000216. The van der Waals surface area contributed by atoms with Gasteiger partial charge in [0, 0.05) is 53.0 Å². The predicted octanol–water partition coefficient (Wildman–Crippen LogP) is 8.14. The SMILES string of the molecule is C.CC(C)(O)c1cc(C=O)cc(Cc2ccc3ncc(Cl)cc3c2)n1.CC(C)(O)c1cc(CO)cc(Cc2ccc3ncc(Cl)cc3c2)n1. The van der Waals surface area contributed by atoms with Crippen molar-refractivity contribution < 1.29 is 20.1 Å². The van der Waals surface area contributed by atoms with Crippen molar-refractivity contribution in [1.82, 2.24) is 19.9 Å². The van der Waals surface area contributed by atoms with E-state index in [-0.39, 0.29) is 14.0 Å². The number of nitrogens with zero attached hydrogens (tertiary/aromatic N) is 4. The summed E-state index contributed by atoms with van der Waals surface area (Å²) in [6, 6.07) is 22.6. The van der Waals surface area contributed by atoms with E-state index in [1.807, 2.05) is 54.6 Å². The van der Waals surface area contributed by atoms with Gasteiger partial charge in [-0.25, -0.2) is 0 Å². The third-order valence-electron chi connectivity index (χ3n) is 7.61. The number of aliphatic hydroxyl groups is 3. The van der Waals surface area contributed by atoms with Crippen LogP contribution in [0.2, 0.25) is 10.0 Å². The summed E-state index contributed by atoms with van der Waals surface area (Å²) in [6.07, 6.45) is 5.16. The van der Waals surface area contributed by atoms with Gasteiger partial charge in [-0.05, 0) is 105 Å². The molecule has 0 saturated carbocycles. The van der Waals surface area contributed by atoms with Gasteiger partial charge in [-0.3, -0.25) is 24.7 Å². The smallest absolute Gasteiger partial charge is 0.150 e. The molecule has 0 fully saturated rings. The van der Waals surface area contributed by atoms with Gasteiger partial charge in [0.2, 0.25) is 0 Å². The van der Waals surface area contributed by atoms with E-state index in [1.54, 1.807) is 58.3 Å². The fourth-order valence-electron chi connectivity index (χ4n) is 5.18. The number of aliphatic hydroxyl groups excluding tert-OH is 1. The summed E-state index contributed by atoms with van der Waals surface area (Å²) in [5.74, 6) is 0. The largest absolute Gasteiger partial charge is 0.392 e. The van der Waals surface area contributed by atoms with E-state index in [2.05, 4.69) is 19.9 Å². The number of hydrogen-bond acceptors (Lipinski definition) is 8. The van der Waals surface area contributed by atoms with Crippen LogP contribution in [0.15, 0.2) is 85.2 Å². The molecule has 10 heteroatoms. The van der Waals surface area contributed by atoms with Crippen molar-refractivity contribution in [3.05, 3.63) is 140 Å². The van der Waals surface area contributed by atoms with Gasteiger partial charge in [-0.15, -0.1) is 0 Å². The van der Waals surface area contributed by atoms with E-state index in [4.69, 9.17) is 23.2 Å². The second kappa shape index (κ2) is 15.5. The molecule has 0 atom stereocenters. The van der Waals surface area contributed by atoms with Gasteiger partial charge < -0.3 is 15.3 Å². The van der Waals surface area contributed by atoms with Gasteiger partial charge >= 0.3 is 0 Å². The number of pyridine rings is 4. The van der Waals surface area contributed by atoms with Gasteiger partial charge in [0.1, 0.15) is 17.5 Å². The minimum absolute atomic E-state index is 0. The lowest BCUT2D eigenvalue weighted by molar-refractivity contribution is 0.0729. The average molecular weight is 700 g/mol. The van der Waals surface area contributed by atoms with Gasteiger partial charge in [-0.2, -0.15) is 0 Å². The summed E-state index contributed by atoms with van der Waals surface area (Å²) >= 11 is 12.0. The summed E-state index contributed by atoms with van der Waals surface area (Å²) in [6.45, 7) is 6.58. The first-order valence-electron chi connectivity index (χ1n) is 15.3. The first-order chi connectivity index (χ1) is 22.7. The monoisotopic (exact) mass is 698 g/mol. The van der Waals surface area contributed by atoms with Crippen molar-refractivity contribution in [2.45, 2.75) is 65.8 Å². The Hall–Kier alpha value is -4.31. The highest BCUT2D eigenvalue weighted by Gasteiger charge is 2.20. The number of carbonyl (C=O) groups is 1. The average Bonchev–Trinajstić information content (AvgIpc) is 3.03. The zero-order valence-corrected chi connectivity index (χ0v) is 28.6. The number of aldehydes is 1. The molecule has 8 nitrogen and oxygen atoms in total. The third-order valence-corrected chi connectivity index (χ3v) is 8.02. The topological polar surface area (TPSA) is 129 Å². The highest BCUT2D eigenvalue weighted by molar-refractivity contribution is 6.31. The minimum atomic E-state index is -1.10. The molecule has 4 aromatic heterocycles. The normalized spacial score (nSPS) is 11.5. The highest BCUT2D eigenvalue weighted by atomic mass is 35.5. The van der Waals surface area contributed by atoms with Crippen molar-refractivity contribution in [1.29, 1.82) is 0 Å². The molecular formula is C39H40Cl2N4O4. The van der Waals surface area contributed by atoms with Crippen LogP contribution in [0.5, 0.6) is 0 Å². The van der Waals surface area contributed by atoms with Gasteiger partial charge in [0.25, 0.3) is 0 Å². The fourth-order valence-corrected chi connectivity index (χ4v) is 5.51. The molecule has 254 valence electrons. The zero-order chi connectivity index (χ0) is 34.6. The molecule has 0 aliphatic heterocycles. The van der Waals surface area contributed by atoms with Crippen LogP contribution in [0.4, 0.5) is 0 Å². The molecule has 6 aromatic rings. The molecule has 0 unspecified atom stereocenters. The number of aromatic nitrogens is 4. The maximum Gasteiger partial charge on any atom is 0.150 e. The third kappa shape index (κ3) is 9.88. The van der Waals surface area contributed by atoms with Gasteiger partial charge in [-0.1, -0.05) is 42.8 Å². The van der Waals surface area contributed by atoms with Gasteiger partial charge in [0.15, 0.2) is 0 Å². The number of hydrogen-bond donors (Lipinski definition) is 3.